The Morgan fingerprint density at radius 3 is 2.77 bits per heavy atom. The lowest BCUT2D eigenvalue weighted by Crippen LogP contribution is -2.58. The summed E-state index contributed by atoms with van der Waals surface area (Å²) in [6.45, 7) is 2.27. The summed E-state index contributed by atoms with van der Waals surface area (Å²) >= 11 is 0. The molecule has 0 radical (unpaired) electrons. The highest BCUT2D eigenvalue weighted by atomic mass is 35.5. The Kier molecular flexibility index (Phi) is 6.44. The van der Waals surface area contributed by atoms with Crippen molar-refractivity contribution in [2.24, 2.45) is 11.7 Å². The summed E-state index contributed by atoms with van der Waals surface area (Å²) in [5, 5.41) is 4.00. The first-order valence-electron chi connectivity index (χ1n) is 8.41. The fraction of sp³-hybridized carbons (Fsp3) is 0.471. The molecule has 1 fully saturated rings. The number of nitrogens with one attached hydrogen (secondary N) is 1. The zero-order valence-corrected chi connectivity index (χ0v) is 16.2. The first-order chi connectivity index (χ1) is 11.9. The van der Waals surface area contributed by atoms with Gasteiger partial charge in [-0.25, -0.2) is 22.2 Å². The third-order valence-electron chi connectivity index (χ3n) is 5.12. The summed E-state index contributed by atoms with van der Waals surface area (Å²) in [6, 6.07) is 6.07. The van der Waals surface area contributed by atoms with E-state index in [2.05, 4.69) is 9.82 Å². The highest BCUT2D eigenvalue weighted by Gasteiger charge is 2.40. The lowest BCUT2D eigenvalue weighted by molar-refractivity contribution is 0.191. The van der Waals surface area contributed by atoms with Crippen molar-refractivity contribution in [1.82, 2.24) is 14.5 Å². The van der Waals surface area contributed by atoms with Crippen LogP contribution in [0.3, 0.4) is 0 Å². The topological polar surface area (TPSA) is 90.0 Å². The Morgan fingerprint density at radius 1 is 1.38 bits per heavy atom. The van der Waals surface area contributed by atoms with E-state index in [0.29, 0.717) is 6.42 Å². The molecule has 0 amide bonds. The molecule has 1 aromatic heterocycles. The van der Waals surface area contributed by atoms with Crippen molar-refractivity contribution in [3.05, 3.63) is 42.5 Å². The average molecular weight is 403 g/mol. The quantitative estimate of drug-likeness (QED) is 0.804. The highest BCUT2D eigenvalue weighted by molar-refractivity contribution is 7.89. The number of para-hydroxylation sites is 1. The van der Waals surface area contributed by atoms with Gasteiger partial charge in [0.25, 0.3) is 0 Å². The molecule has 0 bridgehead atoms. The normalized spacial score (nSPS) is 23.4. The minimum Gasteiger partial charge on any atom is -0.329 e. The van der Waals surface area contributed by atoms with E-state index in [0.717, 1.165) is 19.3 Å². The molecule has 6 nitrogen and oxygen atoms in total. The van der Waals surface area contributed by atoms with Crippen molar-refractivity contribution >= 4 is 22.4 Å². The monoisotopic (exact) mass is 402 g/mol. The van der Waals surface area contributed by atoms with Gasteiger partial charge < -0.3 is 5.73 Å². The van der Waals surface area contributed by atoms with Crippen molar-refractivity contribution in [2.75, 3.05) is 6.54 Å². The summed E-state index contributed by atoms with van der Waals surface area (Å²) in [7, 11) is -3.80. The van der Waals surface area contributed by atoms with E-state index in [1.165, 1.54) is 29.2 Å². The Morgan fingerprint density at radius 2 is 2.12 bits per heavy atom. The SMILES string of the molecule is CC1CCCCC1(CN)NS(=O)(=O)c1cnn(-c2ccccc2F)c1.Cl. The smallest absolute Gasteiger partial charge is 0.244 e. The molecule has 3 rings (SSSR count). The molecule has 26 heavy (non-hydrogen) atoms. The van der Waals surface area contributed by atoms with Crippen molar-refractivity contribution in [2.45, 2.75) is 43.0 Å². The van der Waals surface area contributed by atoms with Crippen molar-refractivity contribution in [3.8, 4) is 5.69 Å². The number of benzene rings is 1. The van der Waals surface area contributed by atoms with Crippen LogP contribution >= 0.6 is 12.4 Å². The number of nitrogens with zero attached hydrogens (tertiary/aromatic N) is 2. The predicted octanol–water partition coefficient (Wildman–Crippen LogP) is 2.62. The molecule has 0 aliphatic heterocycles. The Labute approximate surface area is 159 Å². The van der Waals surface area contributed by atoms with E-state index in [-0.39, 0.29) is 35.5 Å². The maximum Gasteiger partial charge on any atom is 0.244 e. The summed E-state index contributed by atoms with van der Waals surface area (Å²) in [6.07, 6.45) is 6.22. The van der Waals surface area contributed by atoms with E-state index in [9.17, 15) is 12.8 Å². The lowest BCUT2D eigenvalue weighted by atomic mass is 9.74. The van der Waals surface area contributed by atoms with E-state index in [4.69, 9.17) is 5.73 Å². The van der Waals surface area contributed by atoms with E-state index < -0.39 is 21.4 Å². The minimum absolute atomic E-state index is 0. The third kappa shape index (κ3) is 3.93. The van der Waals surface area contributed by atoms with Gasteiger partial charge in [0.15, 0.2) is 0 Å². The highest BCUT2D eigenvalue weighted by Crippen LogP contribution is 2.34. The summed E-state index contributed by atoms with van der Waals surface area (Å²) in [5.74, 6) is -0.315. The second kappa shape index (κ2) is 8.04. The van der Waals surface area contributed by atoms with Gasteiger partial charge in [-0.3, -0.25) is 0 Å². The molecular formula is C17H24ClFN4O2S. The maximum atomic E-state index is 13.9. The number of hydrogen-bond donors (Lipinski definition) is 2. The molecule has 9 heteroatoms. The number of hydrogen-bond acceptors (Lipinski definition) is 4. The molecule has 1 aliphatic rings. The standard InChI is InChI=1S/C17H23FN4O2S.ClH/c1-13-6-4-5-9-17(13,12-19)21-25(23,24)14-10-20-22(11-14)16-8-3-2-7-15(16)18;/h2-3,7-8,10-11,13,21H,4-6,9,12,19H2,1H3;1H. The fourth-order valence-corrected chi connectivity index (χ4v) is 4.92. The van der Waals surface area contributed by atoms with Crippen LogP contribution < -0.4 is 10.5 Å². The zero-order chi connectivity index (χ0) is 18.1. The van der Waals surface area contributed by atoms with Crippen LogP contribution in [0.2, 0.25) is 0 Å². The van der Waals surface area contributed by atoms with Crippen LogP contribution in [0.1, 0.15) is 32.6 Å². The lowest BCUT2D eigenvalue weighted by Gasteiger charge is -2.42. The number of aromatic nitrogens is 2. The second-order valence-corrected chi connectivity index (χ2v) is 8.37. The molecule has 1 heterocycles. The van der Waals surface area contributed by atoms with Crippen LogP contribution in [-0.4, -0.2) is 30.3 Å². The first kappa shape index (κ1) is 20.8. The number of rotatable bonds is 5. The summed E-state index contributed by atoms with van der Waals surface area (Å²) in [5.41, 5.74) is 5.49. The molecule has 2 unspecified atom stereocenters. The van der Waals surface area contributed by atoms with Crippen LogP contribution in [0.4, 0.5) is 4.39 Å². The largest absolute Gasteiger partial charge is 0.329 e. The van der Waals surface area contributed by atoms with Crippen molar-refractivity contribution < 1.29 is 12.8 Å². The average Bonchev–Trinajstić information content (AvgIpc) is 3.08. The van der Waals surface area contributed by atoms with E-state index in [1.54, 1.807) is 12.1 Å². The van der Waals surface area contributed by atoms with E-state index >= 15 is 0 Å². The van der Waals surface area contributed by atoms with Crippen LogP contribution in [0, 0.1) is 11.7 Å². The first-order valence-corrected chi connectivity index (χ1v) is 9.90. The van der Waals surface area contributed by atoms with Gasteiger partial charge >= 0.3 is 0 Å². The summed E-state index contributed by atoms with van der Waals surface area (Å²) < 4.78 is 43.6. The molecule has 0 saturated heterocycles. The van der Waals surface area contributed by atoms with E-state index in [1.807, 2.05) is 6.92 Å². The molecule has 2 aromatic rings. The molecule has 3 N–H and O–H groups in total. The van der Waals surface area contributed by atoms with Gasteiger partial charge in [-0.1, -0.05) is 31.9 Å². The van der Waals surface area contributed by atoms with Gasteiger partial charge in [-0.15, -0.1) is 12.4 Å². The molecule has 1 saturated carbocycles. The van der Waals surface area contributed by atoms with Gasteiger partial charge in [0.1, 0.15) is 16.4 Å². The number of sulfonamides is 1. The van der Waals surface area contributed by atoms with Crippen LogP contribution in [0.15, 0.2) is 41.6 Å². The maximum absolute atomic E-state index is 13.9. The van der Waals surface area contributed by atoms with Crippen LogP contribution in [0.5, 0.6) is 0 Å². The zero-order valence-electron chi connectivity index (χ0n) is 14.6. The number of halogens is 2. The van der Waals surface area contributed by atoms with Crippen molar-refractivity contribution in [3.63, 3.8) is 0 Å². The summed E-state index contributed by atoms with van der Waals surface area (Å²) in [4.78, 5) is 0.00125. The van der Waals surface area contributed by atoms with Gasteiger partial charge in [0.05, 0.1) is 12.4 Å². The van der Waals surface area contributed by atoms with Gasteiger partial charge in [0.2, 0.25) is 10.0 Å². The molecule has 0 spiro atoms. The second-order valence-electron chi connectivity index (χ2n) is 6.68. The number of nitrogens with two attached hydrogens (primary N) is 1. The fourth-order valence-electron chi connectivity index (χ4n) is 3.45. The van der Waals surface area contributed by atoms with Gasteiger partial charge in [-0.2, -0.15) is 5.10 Å². The van der Waals surface area contributed by atoms with Crippen molar-refractivity contribution in [1.29, 1.82) is 0 Å². The van der Waals surface area contributed by atoms with Gasteiger partial charge in [-0.05, 0) is 30.9 Å². The molecular weight excluding hydrogens is 379 g/mol. The predicted molar refractivity (Wildman–Crippen MR) is 101 cm³/mol. The molecule has 1 aliphatic carbocycles. The van der Waals surface area contributed by atoms with Crippen LogP contribution in [0.25, 0.3) is 5.69 Å². The Hall–Kier alpha value is -1.48. The molecule has 1 aromatic carbocycles. The molecule has 144 valence electrons. The Bertz CT molecular complexity index is 858. The third-order valence-corrected chi connectivity index (χ3v) is 6.63. The molecule has 2 atom stereocenters. The van der Waals surface area contributed by atoms with Crippen LogP contribution in [-0.2, 0) is 10.0 Å². The minimum atomic E-state index is -3.80. The van der Waals surface area contributed by atoms with Gasteiger partial charge in [0, 0.05) is 12.1 Å². The Balaban J connectivity index is 0.00000243.